The molecule has 1 aliphatic rings. The Labute approximate surface area is 186 Å². The summed E-state index contributed by atoms with van der Waals surface area (Å²) in [6.45, 7) is 2.72. The van der Waals surface area contributed by atoms with Gasteiger partial charge in [0.05, 0.1) is 19.6 Å². The molecular weight excluding hydrogens is 418 g/mol. The summed E-state index contributed by atoms with van der Waals surface area (Å²) in [6.07, 6.45) is -7.90. The molecular formula is C23H29NO8. The van der Waals surface area contributed by atoms with E-state index in [1.165, 1.54) is 0 Å². The van der Waals surface area contributed by atoms with Crippen LogP contribution in [0.2, 0.25) is 0 Å². The van der Waals surface area contributed by atoms with Gasteiger partial charge in [0.25, 0.3) is 0 Å². The lowest BCUT2D eigenvalue weighted by molar-refractivity contribution is -0.628. The number of aliphatic hydroxyl groups excluding tert-OH is 3. The summed E-state index contributed by atoms with van der Waals surface area (Å²) in [5.74, 6) is -0.790. The lowest BCUT2D eigenvalue weighted by atomic mass is 9.99. The van der Waals surface area contributed by atoms with Crippen molar-refractivity contribution in [1.29, 1.82) is 0 Å². The highest BCUT2D eigenvalue weighted by Crippen LogP contribution is 2.31. The number of carboxylic acid groups (broad SMARTS) is 1. The van der Waals surface area contributed by atoms with E-state index in [1.54, 1.807) is 18.2 Å². The normalized spacial score (nSPS) is 26.3. The number of benzene rings is 2. The molecule has 1 fully saturated rings. The van der Waals surface area contributed by atoms with Crippen molar-refractivity contribution in [3.63, 3.8) is 0 Å². The van der Waals surface area contributed by atoms with E-state index in [0.717, 1.165) is 24.1 Å². The molecule has 9 nitrogen and oxygen atoms in total. The molecule has 1 heterocycles. The Hall–Kier alpha value is -2.69. The molecule has 0 spiro atoms. The van der Waals surface area contributed by atoms with Gasteiger partial charge in [-0.3, -0.25) is 0 Å². The van der Waals surface area contributed by atoms with Gasteiger partial charge in [-0.1, -0.05) is 30.3 Å². The molecule has 0 bridgehead atoms. The van der Waals surface area contributed by atoms with Crippen molar-refractivity contribution in [2.45, 2.75) is 50.2 Å². The molecule has 174 valence electrons. The van der Waals surface area contributed by atoms with Crippen molar-refractivity contribution in [3.8, 4) is 11.5 Å². The number of ether oxygens (including phenoxy) is 3. The summed E-state index contributed by atoms with van der Waals surface area (Å²) < 4.78 is 16.9. The van der Waals surface area contributed by atoms with E-state index >= 15 is 0 Å². The topological polar surface area (TPSA) is 145 Å². The van der Waals surface area contributed by atoms with Crippen molar-refractivity contribution < 1.29 is 44.7 Å². The van der Waals surface area contributed by atoms with Crippen LogP contribution >= 0.6 is 0 Å². The maximum absolute atomic E-state index is 11.1. The van der Waals surface area contributed by atoms with E-state index in [1.807, 2.05) is 44.3 Å². The first-order valence-corrected chi connectivity index (χ1v) is 10.5. The number of quaternary nitrogens is 1. The first-order valence-electron chi connectivity index (χ1n) is 10.5. The Kier molecular flexibility index (Phi) is 8.05. The molecule has 0 amide bonds. The van der Waals surface area contributed by atoms with Gasteiger partial charge in [0.15, 0.2) is 0 Å². The number of carboxylic acids is 1. The summed E-state index contributed by atoms with van der Waals surface area (Å²) in [6, 6.07) is 14.9. The first-order chi connectivity index (χ1) is 15.3. The Bertz CT molecular complexity index is 893. The monoisotopic (exact) mass is 447 g/mol. The van der Waals surface area contributed by atoms with Crippen LogP contribution in [0.1, 0.15) is 23.7 Å². The van der Waals surface area contributed by atoms with E-state index in [2.05, 4.69) is 5.32 Å². The summed E-state index contributed by atoms with van der Waals surface area (Å²) in [5, 5.41) is 43.0. The van der Waals surface area contributed by atoms with Gasteiger partial charge < -0.3 is 44.7 Å². The summed E-state index contributed by atoms with van der Waals surface area (Å²) in [4.78, 5) is 11.1. The molecule has 1 aliphatic heterocycles. The zero-order valence-electron chi connectivity index (χ0n) is 18.0. The minimum absolute atomic E-state index is 0.137. The fraction of sp³-hybridized carbons (Fsp3) is 0.435. The maximum Gasteiger partial charge on any atom is 0.229 e. The average Bonchev–Trinajstić information content (AvgIpc) is 2.78. The van der Waals surface area contributed by atoms with Gasteiger partial charge in [0.2, 0.25) is 6.29 Å². The summed E-state index contributed by atoms with van der Waals surface area (Å²) in [7, 11) is 2.00. The Morgan fingerprint density at radius 2 is 1.84 bits per heavy atom. The van der Waals surface area contributed by atoms with Crippen molar-refractivity contribution in [2.75, 3.05) is 13.6 Å². The number of aryl methyl sites for hydroxylation is 1. The number of aliphatic carboxylic acids is 1. The number of carbonyl (C=O) groups is 1. The lowest BCUT2D eigenvalue weighted by Gasteiger charge is -2.40. The molecule has 0 radical (unpaired) electrons. The molecule has 5 N–H and O–H groups in total. The minimum atomic E-state index is -1.83. The second kappa shape index (κ2) is 10.8. The van der Waals surface area contributed by atoms with Crippen LogP contribution in [0.25, 0.3) is 0 Å². The highest BCUT2D eigenvalue weighted by atomic mass is 16.7. The first kappa shape index (κ1) is 24.0. The molecule has 2 aromatic rings. The van der Waals surface area contributed by atoms with Gasteiger partial charge >= 0.3 is 0 Å². The molecule has 0 unspecified atom stereocenters. The van der Waals surface area contributed by atoms with Gasteiger partial charge in [0, 0.05) is 6.42 Å². The largest absolute Gasteiger partial charge is 0.547 e. The molecule has 2 aromatic carbocycles. The van der Waals surface area contributed by atoms with Gasteiger partial charge in [-0.15, -0.1) is 0 Å². The van der Waals surface area contributed by atoms with Crippen LogP contribution in [0.15, 0.2) is 48.5 Å². The van der Waals surface area contributed by atoms with Gasteiger partial charge in [-0.05, 0) is 36.2 Å². The second-order valence-electron chi connectivity index (χ2n) is 7.76. The predicted octanol–water partition coefficient (Wildman–Crippen LogP) is -1.37. The third-order valence-electron chi connectivity index (χ3n) is 5.36. The van der Waals surface area contributed by atoms with E-state index in [4.69, 9.17) is 14.2 Å². The third kappa shape index (κ3) is 5.56. The van der Waals surface area contributed by atoms with E-state index in [9.17, 15) is 25.2 Å². The minimum Gasteiger partial charge on any atom is -0.547 e. The van der Waals surface area contributed by atoms with Crippen molar-refractivity contribution >= 4 is 5.97 Å². The van der Waals surface area contributed by atoms with Crippen LogP contribution in [-0.2, 0) is 9.53 Å². The van der Waals surface area contributed by atoms with Crippen molar-refractivity contribution in [1.82, 2.24) is 0 Å². The van der Waals surface area contributed by atoms with Gasteiger partial charge in [0.1, 0.15) is 42.0 Å². The zero-order chi connectivity index (χ0) is 23.3. The molecule has 0 aliphatic carbocycles. The quantitative estimate of drug-likeness (QED) is 0.369. The van der Waals surface area contributed by atoms with E-state index < -0.39 is 36.7 Å². The third-order valence-corrected chi connectivity index (χ3v) is 5.36. The molecule has 0 aromatic heterocycles. The van der Waals surface area contributed by atoms with Crippen LogP contribution in [0, 0.1) is 6.92 Å². The van der Waals surface area contributed by atoms with E-state index in [-0.39, 0.29) is 11.9 Å². The number of nitrogens with two attached hydrogens (primary N) is 1. The van der Waals surface area contributed by atoms with Gasteiger partial charge in [-0.25, -0.2) is 0 Å². The number of rotatable bonds is 9. The van der Waals surface area contributed by atoms with Gasteiger partial charge in [-0.2, -0.15) is 0 Å². The van der Waals surface area contributed by atoms with Crippen molar-refractivity contribution in [3.05, 3.63) is 59.7 Å². The SMILES string of the molecule is C[NH2+]CC[C@@H](Oc1ccc(O[C@@H]2O[C@H](C(=O)[O-])[C@@H](O)[C@H](O)[C@H]2O)cc1C)c1ccccc1. The Morgan fingerprint density at radius 1 is 1.12 bits per heavy atom. The predicted molar refractivity (Wildman–Crippen MR) is 111 cm³/mol. The van der Waals surface area contributed by atoms with Crippen LogP contribution in [0.4, 0.5) is 0 Å². The average molecular weight is 447 g/mol. The summed E-state index contributed by atoms with van der Waals surface area (Å²) in [5.41, 5.74) is 1.82. The highest BCUT2D eigenvalue weighted by molar-refractivity contribution is 5.71. The standard InChI is InChI=1S/C23H29NO8/c1-13-12-15(30-23-20(27)18(25)19(26)21(32-23)22(28)29)8-9-16(13)31-17(10-11-24-2)14-6-4-3-5-7-14/h3-9,12,17-21,23-27H,10-11H2,1-2H3,(H,28,29)/t17-,18+,19+,20-,21+,23-/m1/s1. The van der Waals surface area contributed by atoms with E-state index in [0.29, 0.717) is 5.75 Å². The fourth-order valence-corrected chi connectivity index (χ4v) is 3.53. The Morgan fingerprint density at radius 3 is 2.47 bits per heavy atom. The number of hydrogen-bond donors (Lipinski definition) is 4. The van der Waals surface area contributed by atoms with Crippen LogP contribution in [0.3, 0.4) is 0 Å². The fourth-order valence-electron chi connectivity index (χ4n) is 3.53. The lowest BCUT2D eigenvalue weighted by Crippen LogP contribution is -2.79. The molecule has 0 saturated carbocycles. The number of aliphatic hydroxyl groups is 3. The maximum atomic E-state index is 11.1. The molecule has 32 heavy (non-hydrogen) atoms. The number of hydrogen-bond acceptors (Lipinski definition) is 8. The summed E-state index contributed by atoms with van der Waals surface area (Å²) >= 11 is 0. The highest BCUT2D eigenvalue weighted by Gasteiger charge is 2.45. The van der Waals surface area contributed by atoms with Crippen LogP contribution in [0.5, 0.6) is 11.5 Å². The van der Waals surface area contributed by atoms with Crippen LogP contribution < -0.4 is 19.9 Å². The zero-order valence-corrected chi connectivity index (χ0v) is 18.0. The smallest absolute Gasteiger partial charge is 0.229 e. The molecule has 1 saturated heterocycles. The Balaban J connectivity index is 1.73. The molecule has 9 heteroatoms. The van der Waals surface area contributed by atoms with Crippen LogP contribution in [-0.4, -0.2) is 65.6 Å². The molecule has 6 atom stereocenters. The second-order valence-corrected chi connectivity index (χ2v) is 7.76. The molecule has 3 rings (SSSR count). The van der Waals surface area contributed by atoms with Crippen molar-refractivity contribution in [2.24, 2.45) is 0 Å². The number of carbonyl (C=O) groups excluding carboxylic acids is 1.